The Hall–Kier alpha value is -1.99. The fourth-order valence-corrected chi connectivity index (χ4v) is 5.83. The molecule has 0 saturated heterocycles. The summed E-state index contributed by atoms with van der Waals surface area (Å²) in [5.41, 5.74) is 0. The average molecular weight is 293 g/mol. The summed E-state index contributed by atoms with van der Waals surface area (Å²) >= 11 is 0. The molecule has 104 valence electrons. The van der Waals surface area contributed by atoms with Gasteiger partial charge in [0.2, 0.25) is 0 Å². The Morgan fingerprint density at radius 1 is 0.524 bits per heavy atom. The van der Waals surface area contributed by atoms with Crippen molar-refractivity contribution >= 4 is 23.3 Å². The first-order valence-corrected chi connectivity index (χ1v) is 8.70. The fourth-order valence-electron chi connectivity index (χ4n) is 2.63. The number of rotatable bonds is 4. The van der Waals surface area contributed by atoms with E-state index >= 15 is 0 Å². The summed E-state index contributed by atoms with van der Waals surface area (Å²) in [6, 6.07) is 31.4. The second kappa shape index (κ2) is 6.19. The van der Waals surface area contributed by atoms with E-state index in [4.69, 9.17) is 5.84 Å². The summed E-state index contributed by atoms with van der Waals surface area (Å²) in [5, 5.41) is 6.86. The molecular weight excluding hydrogens is 275 g/mol. The lowest BCUT2D eigenvalue weighted by atomic mass is 10.4. The van der Waals surface area contributed by atoms with Gasteiger partial charge in [-0.25, -0.2) is 5.84 Å². The highest BCUT2D eigenvalue weighted by Crippen LogP contribution is 2.49. The van der Waals surface area contributed by atoms with Gasteiger partial charge in [-0.3, -0.25) is 0 Å². The Morgan fingerprint density at radius 2 is 0.810 bits per heavy atom. The van der Waals surface area contributed by atoms with E-state index in [2.05, 4.69) is 78.0 Å². The molecule has 0 aromatic heterocycles. The first kappa shape index (κ1) is 14.0. The van der Waals surface area contributed by atoms with Crippen LogP contribution in [0.25, 0.3) is 0 Å². The van der Waals surface area contributed by atoms with Crippen molar-refractivity contribution < 1.29 is 0 Å². The molecular formula is C18H18N2P+. The maximum atomic E-state index is 6.10. The number of benzene rings is 3. The third-order valence-corrected chi connectivity index (χ3v) is 7.23. The van der Waals surface area contributed by atoms with Crippen molar-refractivity contribution in [3.63, 3.8) is 0 Å². The molecule has 0 unspecified atom stereocenters. The van der Waals surface area contributed by atoms with E-state index in [-0.39, 0.29) is 0 Å². The summed E-state index contributed by atoms with van der Waals surface area (Å²) in [6.07, 6.45) is 0. The van der Waals surface area contributed by atoms with E-state index in [0.29, 0.717) is 0 Å². The van der Waals surface area contributed by atoms with Crippen LogP contribution in [0, 0.1) is 0 Å². The van der Waals surface area contributed by atoms with Crippen molar-refractivity contribution in [3.8, 4) is 0 Å². The largest absolute Gasteiger partial charge is 0.239 e. The van der Waals surface area contributed by atoms with E-state index in [1.807, 2.05) is 18.2 Å². The molecule has 0 fully saturated rings. The summed E-state index contributed by atoms with van der Waals surface area (Å²) in [4.78, 5) is 0. The van der Waals surface area contributed by atoms with Gasteiger partial charge < -0.3 is 0 Å². The SMILES string of the molecule is NN[P+](c1ccccc1)(c1ccccc1)c1ccccc1. The van der Waals surface area contributed by atoms with Crippen LogP contribution >= 0.6 is 7.41 Å². The van der Waals surface area contributed by atoms with Gasteiger partial charge in [0, 0.05) is 0 Å². The molecule has 0 radical (unpaired) electrons. The van der Waals surface area contributed by atoms with Crippen molar-refractivity contribution in [2.24, 2.45) is 5.84 Å². The van der Waals surface area contributed by atoms with Crippen molar-refractivity contribution in [1.82, 2.24) is 5.20 Å². The lowest BCUT2D eigenvalue weighted by Crippen LogP contribution is -2.43. The standard InChI is InChI=1S/C18H18N2P/c19-20-21(16-10-4-1-5-11-16,17-12-6-2-7-13-17)18-14-8-3-9-15-18/h1-15,20H,19H2/q+1. The maximum absolute atomic E-state index is 6.10. The van der Waals surface area contributed by atoms with Crippen LogP contribution in [0.3, 0.4) is 0 Å². The molecule has 0 aliphatic carbocycles. The van der Waals surface area contributed by atoms with Gasteiger partial charge in [-0.05, 0) is 36.4 Å². The summed E-state index contributed by atoms with van der Waals surface area (Å²) < 4.78 is 0. The number of nitrogens with one attached hydrogen (secondary N) is 1. The van der Waals surface area contributed by atoms with Crippen LogP contribution in [0.1, 0.15) is 0 Å². The van der Waals surface area contributed by atoms with Crippen molar-refractivity contribution in [3.05, 3.63) is 91.0 Å². The molecule has 0 heterocycles. The Bertz CT molecular complexity index is 588. The van der Waals surface area contributed by atoms with Crippen LogP contribution in [0.4, 0.5) is 0 Å². The number of hydrogen-bond acceptors (Lipinski definition) is 2. The van der Waals surface area contributed by atoms with Crippen LogP contribution in [0.15, 0.2) is 91.0 Å². The normalized spacial score (nSPS) is 11.3. The Kier molecular flexibility index (Phi) is 4.12. The fraction of sp³-hybridized carbons (Fsp3) is 0. The van der Waals surface area contributed by atoms with Gasteiger partial charge in [0.25, 0.3) is 0 Å². The highest BCUT2D eigenvalue weighted by Gasteiger charge is 2.44. The molecule has 2 nitrogen and oxygen atoms in total. The van der Waals surface area contributed by atoms with Gasteiger partial charge in [0.1, 0.15) is 15.9 Å². The second-order valence-corrected chi connectivity index (χ2v) is 7.96. The molecule has 0 aliphatic rings. The van der Waals surface area contributed by atoms with E-state index in [0.717, 1.165) is 0 Å². The monoisotopic (exact) mass is 293 g/mol. The van der Waals surface area contributed by atoms with Crippen molar-refractivity contribution in [2.45, 2.75) is 0 Å². The molecule has 21 heavy (non-hydrogen) atoms. The number of hydrazine groups is 1. The smallest absolute Gasteiger partial charge is 0.193 e. The van der Waals surface area contributed by atoms with E-state index < -0.39 is 7.41 Å². The Morgan fingerprint density at radius 3 is 1.05 bits per heavy atom. The predicted molar refractivity (Wildman–Crippen MR) is 92.5 cm³/mol. The first-order valence-electron chi connectivity index (χ1n) is 6.92. The maximum Gasteiger partial charge on any atom is 0.193 e. The topological polar surface area (TPSA) is 38.0 Å². The van der Waals surface area contributed by atoms with Crippen molar-refractivity contribution in [1.29, 1.82) is 0 Å². The van der Waals surface area contributed by atoms with Crippen LogP contribution in [-0.2, 0) is 0 Å². The number of nitrogens with two attached hydrogens (primary N) is 1. The van der Waals surface area contributed by atoms with Gasteiger partial charge in [-0.2, -0.15) is 0 Å². The van der Waals surface area contributed by atoms with Gasteiger partial charge in [0.05, 0.1) is 0 Å². The zero-order valence-electron chi connectivity index (χ0n) is 11.7. The minimum Gasteiger partial charge on any atom is -0.239 e. The van der Waals surface area contributed by atoms with E-state index in [1.54, 1.807) is 0 Å². The molecule has 3 heteroatoms. The van der Waals surface area contributed by atoms with Gasteiger partial charge >= 0.3 is 0 Å². The first-order chi connectivity index (χ1) is 10.4. The van der Waals surface area contributed by atoms with Gasteiger partial charge in [-0.1, -0.05) is 54.6 Å². The lowest BCUT2D eigenvalue weighted by molar-refractivity contribution is 1.09. The van der Waals surface area contributed by atoms with Gasteiger partial charge in [-0.15, -0.1) is 5.20 Å². The van der Waals surface area contributed by atoms with Crippen LogP contribution in [-0.4, -0.2) is 0 Å². The minimum absolute atomic E-state index is 1.23. The molecule has 3 N–H and O–H groups in total. The zero-order chi connectivity index (χ0) is 14.5. The van der Waals surface area contributed by atoms with Crippen LogP contribution in [0.2, 0.25) is 0 Å². The third-order valence-electron chi connectivity index (χ3n) is 3.62. The molecule has 0 aliphatic heterocycles. The average Bonchev–Trinajstić information content (AvgIpc) is 2.59. The zero-order valence-corrected chi connectivity index (χ0v) is 12.6. The molecule has 0 bridgehead atoms. The second-order valence-electron chi connectivity index (χ2n) is 4.81. The summed E-state index contributed by atoms with van der Waals surface area (Å²) in [5.74, 6) is 6.10. The molecule has 0 amide bonds. The van der Waals surface area contributed by atoms with Crippen LogP contribution in [0.5, 0.6) is 0 Å². The molecule has 3 aromatic carbocycles. The molecule has 3 rings (SSSR count). The minimum atomic E-state index is -2.01. The molecule has 0 saturated carbocycles. The van der Waals surface area contributed by atoms with E-state index in [9.17, 15) is 0 Å². The quantitative estimate of drug-likeness (QED) is 0.440. The third kappa shape index (κ3) is 2.50. The van der Waals surface area contributed by atoms with Crippen molar-refractivity contribution in [2.75, 3.05) is 0 Å². The molecule has 0 spiro atoms. The summed E-state index contributed by atoms with van der Waals surface area (Å²) in [7, 11) is -2.01. The highest BCUT2D eigenvalue weighted by atomic mass is 31.2. The Balaban J connectivity index is 2.29. The van der Waals surface area contributed by atoms with E-state index in [1.165, 1.54) is 15.9 Å². The molecule has 0 atom stereocenters. The Labute approximate surface area is 126 Å². The highest BCUT2D eigenvalue weighted by molar-refractivity contribution is 7.94. The predicted octanol–water partition coefficient (Wildman–Crippen LogP) is 2.36. The number of hydrogen-bond donors (Lipinski definition) is 2. The molecule has 3 aromatic rings. The van der Waals surface area contributed by atoms with Crippen LogP contribution < -0.4 is 27.0 Å². The summed E-state index contributed by atoms with van der Waals surface area (Å²) in [6.45, 7) is 0. The lowest BCUT2D eigenvalue weighted by Gasteiger charge is -2.25. The van der Waals surface area contributed by atoms with Gasteiger partial charge in [0.15, 0.2) is 7.41 Å².